The molecule has 0 saturated heterocycles. The van der Waals surface area contributed by atoms with E-state index in [1.54, 1.807) is 12.3 Å². The van der Waals surface area contributed by atoms with Crippen LogP contribution >= 0.6 is 0 Å². The molecule has 1 aromatic heterocycles. The van der Waals surface area contributed by atoms with Crippen LogP contribution in [0.2, 0.25) is 0 Å². The van der Waals surface area contributed by atoms with Crippen LogP contribution in [-0.4, -0.2) is 46.9 Å². The topological polar surface area (TPSA) is 101 Å². The quantitative estimate of drug-likeness (QED) is 0.585. The molecule has 0 fully saturated rings. The Bertz CT molecular complexity index is 697. The van der Waals surface area contributed by atoms with Gasteiger partial charge in [0, 0.05) is 25.2 Å². The molecule has 0 saturated carbocycles. The molecule has 1 aromatic carbocycles. The molecule has 2 aromatic rings. The molecule has 0 aliphatic rings. The van der Waals surface area contributed by atoms with E-state index in [2.05, 4.69) is 26.3 Å². The van der Waals surface area contributed by atoms with Crippen molar-refractivity contribution in [1.29, 1.82) is 0 Å². The maximum absolute atomic E-state index is 11.9. The maximum atomic E-state index is 11.9. The number of carbonyl (C=O) groups is 2. The molecule has 2 amide bonds. The van der Waals surface area contributed by atoms with E-state index in [-0.39, 0.29) is 18.4 Å². The van der Waals surface area contributed by atoms with Crippen LogP contribution in [0.4, 0.5) is 0 Å². The molecule has 0 atom stereocenters. The summed E-state index contributed by atoms with van der Waals surface area (Å²) < 4.78 is 1.48. The zero-order chi connectivity index (χ0) is 17.4. The number of nitrogens with one attached hydrogen (secondary N) is 3. The molecule has 0 unspecified atom stereocenters. The molecule has 8 nitrogen and oxygen atoms in total. The number of hydrogen-bond donors (Lipinski definition) is 3. The van der Waals surface area contributed by atoms with Gasteiger partial charge in [-0.2, -0.15) is 0 Å². The summed E-state index contributed by atoms with van der Waals surface area (Å²) in [4.78, 5) is 23.8. The molecule has 128 valence electrons. The zero-order valence-corrected chi connectivity index (χ0v) is 13.9. The SMILES string of the molecule is CNCc1cn(CC(=O)NCCNC(=O)c2cccc(C)c2)nn1. The van der Waals surface area contributed by atoms with Gasteiger partial charge >= 0.3 is 0 Å². The highest BCUT2D eigenvalue weighted by atomic mass is 16.2. The monoisotopic (exact) mass is 330 g/mol. The minimum atomic E-state index is -0.180. The Hall–Kier alpha value is -2.74. The van der Waals surface area contributed by atoms with Gasteiger partial charge in [0.15, 0.2) is 0 Å². The molecule has 0 aliphatic heterocycles. The van der Waals surface area contributed by atoms with Gasteiger partial charge in [0.2, 0.25) is 5.91 Å². The van der Waals surface area contributed by atoms with Crippen molar-refractivity contribution >= 4 is 11.8 Å². The summed E-state index contributed by atoms with van der Waals surface area (Å²) in [6.45, 7) is 3.35. The van der Waals surface area contributed by atoms with Crippen LogP contribution in [0.25, 0.3) is 0 Å². The van der Waals surface area contributed by atoms with Crippen molar-refractivity contribution in [2.24, 2.45) is 0 Å². The van der Waals surface area contributed by atoms with Gasteiger partial charge in [-0.15, -0.1) is 5.10 Å². The number of amides is 2. The number of rotatable bonds is 8. The number of aryl methyl sites for hydroxylation is 1. The third-order valence-corrected chi connectivity index (χ3v) is 3.26. The molecular weight excluding hydrogens is 308 g/mol. The third kappa shape index (κ3) is 5.47. The fourth-order valence-corrected chi connectivity index (χ4v) is 2.15. The highest BCUT2D eigenvalue weighted by Gasteiger charge is 2.07. The highest BCUT2D eigenvalue weighted by Crippen LogP contribution is 2.03. The van der Waals surface area contributed by atoms with E-state index >= 15 is 0 Å². The van der Waals surface area contributed by atoms with Crippen LogP contribution in [0.15, 0.2) is 30.5 Å². The Morgan fingerprint density at radius 1 is 1.21 bits per heavy atom. The lowest BCUT2D eigenvalue weighted by Gasteiger charge is -2.07. The lowest BCUT2D eigenvalue weighted by molar-refractivity contribution is -0.121. The summed E-state index contributed by atoms with van der Waals surface area (Å²) in [5, 5.41) is 16.3. The summed E-state index contributed by atoms with van der Waals surface area (Å²) in [6.07, 6.45) is 1.72. The number of benzene rings is 1. The highest BCUT2D eigenvalue weighted by molar-refractivity contribution is 5.94. The van der Waals surface area contributed by atoms with Crippen molar-refractivity contribution in [3.63, 3.8) is 0 Å². The molecular formula is C16H22N6O2. The second kappa shape index (κ2) is 8.78. The van der Waals surface area contributed by atoms with Gasteiger partial charge in [-0.3, -0.25) is 9.59 Å². The predicted molar refractivity (Wildman–Crippen MR) is 89.3 cm³/mol. The largest absolute Gasteiger partial charge is 0.353 e. The second-order valence-electron chi connectivity index (χ2n) is 5.41. The first-order chi connectivity index (χ1) is 11.6. The minimum Gasteiger partial charge on any atom is -0.353 e. The number of nitrogens with zero attached hydrogens (tertiary/aromatic N) is 3. The Labute approximate surface area is 140 Å². The smallest absolute Gasteiger partial charge is 0.251 e. The van der Waals surface area contributed by atoms with Gasteiger partial charge in [0.25, 0.3) is 5.91 Å². The third-order valence-electron chi connectivity index (χ3n) is 3.26. The molecule has 0 spiro atoms. The van der Waals surface area contributed by atoms with E-state index in [1.165, 1.54) is 4.68 Å². The van der Waals surface area contributed by atoms with Crippen molar-refractivity contribution in [3.05, 3.63) is 47.3 Å². The van der Waals surface area contributed by atoms with E-state index in [1.807, 2.05) is 32.2 Å². The molecule has 24 heavy (non-hydrogen) atoms. The van der Waals surface area contributed by atoms with Crippen LogP contribution in [0.5, 0.6) is 0 Å². The van der Waals surface area contributed by atoms with Gasteiger partial charge in [-0.1, -0.05) is 22.9 Å². The zero-order valence-electron chi connectivity index (χ0n) is 13.9. The van der Waals surface area contributed by atoms with Crippen LogP contribution in [-0.2, 0) is 17.9 Å². The first-order valence-corrected chi connectivity index (χ1v) is 7.73. The molecule has 0 aliphatic carbocycles. The minimum absolute atomic E-state index is 0.0997. The van der Waals surface area contributed by atoms with Gasteiger partial charge in [0.05, 0.1) is 11.9 Å². The van der Waals surface area contributed by atoms with Gasteiger partial charge in [-0.05, 0) is 26.1 Å². The van der Waals surface area contributed by atoms with E-state index in [9.17, 15) is 9.59 Å². The Morgan fingerprint density at radius 2 is 2.00 bits per heavy atom. The summed E-state index contributed by atoms with van der Waals surface area (Å²) >= 11 is 0. The number of aromatic nitrogens is 3. The van der Waals surface area contributed by atoms with Crippen LogP contribution in [0.1, 0.15) is 21.6 Å². The fourth-order valence-electron chi connectivity index (χ4n) is 2.15. The summed E-state index contributed by atoms with van der Waals surface area (Å²) in [5.74, 6) is -0.332. The van der Waals surface area contributed by atoms with Gasteiger partial charge in [-0.25, -0.2) is 4.68 Å². The van der Waals surface area contributed by atoms with Crippen molar-refractivity contribution in [2.75, 3.05) is 20.1 Å². The molecule has 8 heteroatoms. The van der Waals surface area contributed by atoms with Crippen molar-refractivity contribution in [2.45, 2.75) is 20.0 Å². The summed E-state index contributed by atoms with van der Waals surface area (Å²) in [5.41, 5.74) is 2.41. The van der Waals surface area contributed by atoms with Crippen molar-refractivity contribution < 1.29 is 9.59 Å². The molecule has 0 bridgehead atoms. The first kappa shape index (κ1) is 17.6. The standard InChI is InChI=1S/C16H22N6O2/c1-12-4-3-5-13(8-12)16(24)19-7-6-18-15(23)11-22-10-14(9-17-2)20-21-22/h3-5,8,10,17H,6-7,9,11H2,1-2H3,(H,18,23)(H,19,24). The van der Waals surface area contributed by atoms with Crippen molar-refractivity contribution in [3.8, 4) is 0 Å². The molecule has 3 N–H and O–H groups in total. The average Bonchev–Trinajstić information content (AvgIpc) is 2.99. The Balaban J connectivity index is 1.68. The molecule has 1 heterocycles. The second-order valence-corrected chi connectivity index (χ2v) is 5.41. The Kier molecular flexibility index (Phi) is 6.44. The van der Waals surface area contributed by atoms with E-state index in [4.69, 9.17) is 0 Å². The first-order valence-electron chi connectivity index (χ1n) is 7.73. The van der Waals surface area contributed by atoms with Crippen molar-refractivity contribution in [1.82, 2.24) is 30.9 Å². The Morgan fingerprint density at radius 3 is 2.75 bits per heavy atom. The average molecular weight is 330 g/mol. The summed E-state index contributed by atoms with van der Waals surface area (Å²) in [6, 6.07) is 7.35. The lowest BCUT2D eigenvalue weighted by atomic mass is 10.1. The summed E-state index contributed by atoms with van der Waals surface area (Å²) in [7, 11) is 1.82. The number of carbonyl (C=O) groups excluding carboxylic acids is 2. The van der Waals surface area contributed by atoms with Crippen LogP contribution in [0, 0.1) is 6.92 Å². The van der Waals surface area contributed by atoms with E-state index in [0.29, 0.717) is 25.2 Å². The maximum Gasteiger partial charge on any atom is 0.251 e. The normalized spacial score (nSPS) is 10.4. The van der Waals surface area contributed by atoms with Gasteiger partial charge in [0.1, 0.15) is 6.54 Å². The molecule has 0 radical (unpaired) electrons. The molecule has 2 rings (SSSR count). The predicted octanol–water partition coefficient (Wildman–Crippen LogP) is -0.148. The van der Waals surface area contributed by atoms with Gasteiger partial charge < -0.3 is 16.0 Å². The van der Waals surface area contributed by atoms with E-state index in [0.717, 1.165) is 11.3 Å². The lowest BCUT2D eigenvalue weighted by Crippen LogP contribution is -2.36. The fraction of sp³-hybridized carbons (Fsp3) is 0.375. The number of hydrogen-bond acceptors (Lipinski definition) is 5. The van der Waals surface area contributed by atoms with Crippen LogP contribution in [0.3, 0.4) is 0 Å². The van der Waals surface area contributed by atoms with Crippen LogP contribution < -0.4 is 16.0 Å². The van der Waals surface area contributed by atoms with E-state index < -0.39 is 0 Å².